The Hall–Kier alpha value is -1.09. The molecule has 2 heterocycles. The zero-order valence-electron chi connectivity index (χ0n) is 9.32. The summed E-state index contributed by atoms with van der Waals surface area (Å²) in [5.74, 6) is 0.843. The Morgan fingerprint density at radius 2 is 2.47 bits per heavy atom. The summed E-state index contributed by atoms with van der Waals surface area (Å²) >= 11 is 0. The van der Waals surface area contributed by atoms with Gasteiger partial charge in [-0.1, -0.05) is 13.3 Å². The molecular weight excluding hydrogens is 186 g/mol. The lowest BCUT2D eigenvalue weighted by Crippen LogP contribution is -2.22. The van der Waals surface area contributed by atoms with Crippen LogP contribution >= 0.6 is 0 Å². The fourth-order valence-electron chi connectivity index (χ4n) is 2.26. The van der Waals surface area contributed by atoms with E-state index in [-0.39, 0.29) is 0 Å². The van der Waals surface area contributed by atoms with Gasteiger partial charge in [-0.3, -0.25) is 4.98 Å². The van der Waals surface area contributed by atoms with Crippen LogP contribution in [0, 0.1) is 5.92 Å². The number of nitrogens with zero attached hydrogens (tertiary/aromatic N) is 2. The van der Waals surface area contributed by atoms with Gasteiger partial charge in [0.1, 0.15) is 0 Å². The van der Waals surface area contributed by atoms with Crippen molar-refractivity contribution in [1.82, 2.24) is 4.98 Å². The van der Waals surface area contributed by atoms with Crippen LogP contribution in [0.2, 0.25) is 0 Å². The van der Waals surface area contributed by atoms with E-state index in [2.05, 4.69) is 22.9 Å². The Morgan fingerprint density at radius 3 is 3.13 bits per heavy atom. The fraction of sp³-hybridized carbons (Fsp3) is 0.583. The van der Waals surface area contributed by atoms with Gasteiger partial charge in [-0.2, -0.15) is 0 Å². The van der Waals surface area contributed by atoms with E-state index in [1.807, 2.05) is 12.3 Å². The van der Waals surface area contributed by atoms with Crippen LogP contribution in [-0.2, 0) is 6.54 Å². The first-order valence-corrected chi connectivity index (χ1v) is 5.74. The number of anilines is 1. The third-order valence-electron chi connectivity index (χ3n) is 3.26. The second-order valence-electron chi connectivity index (χ2n) is 4.18. The maximum Gasteiger partial charge on any atom is 0.0772 e. The normalized spacial score (nSPS) is 20.9. The minimum atomic E-state index is 0.531. The third-order valence-corrected chi connectivity index (χ3v) is 3.26. The summed E-state index contributed by atoms with van der Waals surface area (Å²) in [5.41, 5.74) is 7.95. The van der Waals surface area contributed by atoms with E-state index in [0.717, 1.165) is 24.7 Å². The van der Waals surface area contributed by atoms with Gasteiger partial charge < -0.3 is 10.6 Å². The molecular formula is C12H19N3. The van der Waals surface area contributed by atoms with Crippen molar-refractivity contribution in [3.8, 4) is 0 Å². The highest BCUT2D eigenvalue weighted by atomic mass is 15.2. The average Bonchev–Trinajstić information content (AvgIpc) is 2.77. The largest absolute Gasteiger partial charge is 0.370 e. The van der Waals surface area contributed by atoms with E-state index in [0.29, 0.717) is 6.54 Å². The van der Waals surface area contributed by atoms with E-state index in [1.165, 1.54) is 18.5 Å². The second-order valence-corrected chi connectivity index (χ2v) is 4.18. The van der Waals surface area contributed by atoms with Crippen molar-refractivity contribution in [2.45, 2.75) is 26.3 Å². The number of aromatic nitrogens is 1. The Morgan fingerprint density at radius 1 is 1.60 bits per heavy atom. The minimum absolute atomic E-state index is 0.531. The van der Waals surface area contributed by atoms with Crippen molar-refractivity contribution in [1.29, 1.82) is 0 Å². The quantitative estimate of drug-likeness (QED) is 0.818. The molecule has 0 amide bonds. The average molecular weight is 205 g/mol. The van der Waals surface area contributed by atoms with Gasteiger partial charge in [-0.15, -0.1) is 0 Å². The van der Waals surface area contributed by atoms with E-state index >= 15 is 0 Å². The zero-order chi connectivity index (χ0) is 10.7. The molecule has 1 aliphatic rings. The predicted molar refractivity (Wildman–Crippen MR) is 62.7 cm³/mol. The molecule has 82 valence electrons. The van der Waals surface area contributed by atoms with E-state index in [4.69, 9.17) is 5.73 Å². The Balaban J connectivity index is 2.16. The minimum Gasteiger partial charge on any atom is -0.370 e. The van der Waals surface area contributed by atoms with Crippen molar-refractivity contribution < 1.29 is 0 Å². The van der Waals surface area contributed by atoms with Gasteiger partial charge in [0.25, 0.3) is 0 Å². The van der Waals surface area contributed by atoms with E-state index in [9.17, 15) is 0 Å². The SMILES string of the molecule is CCC1CCN(c2cccnc2CN)C1. The summed E-state index contributed by atoms with van der Waals surface area (Å²) in [6.07, 6.45) is 4.39. The maximum atomic E-state index is 5.70. The first-order chi connectivity index (χ1) is 7.35. The molecule has 1 aliphatic heterocycles. The number of hydrogen-bond donors (Lipinski definition) is 1. The highest BCUT2D eigenvalue weighted by Gasteiger charge is 2.22. The van der Waals surface area contributed by atoms with Crippen molar-refractivity contribution in [3.05, 3.63) is 24.0 Å². The van der Waals surface area contributed by atoms with Gasteiger partial charge >= 0.3 is 0 Å². The first kappa shape index (κ1) is 10.4. The lowest BCUT2D eigenvalue weighted by Gasteiger charge is -2.20. The molecule has 0 spiro atoms. The molecule has 2 N–H and O–H groups in total. The van der Waals surface area contributed by atoms with Crippen LogP contribution in [0.3, 0.4) is 0 Å². The Labute approximate surface area is 91.3 Å². The Bertz CT molecular complexity index is 324. The molecule has 0 saturated carbocycles. The van der Waals surface area contributed by atoms with Crippen LogP contribution in [0.25, 0.3) is 0 Å². The molecule has 15 heavy (non-hydrogen) atoms. The van der Waals surface area contributed by atoms with Crippen molar-refractivity contribution in [2.24, 2.45) is 11.7 Å². The molecule has 1 unspecified atom stereocenters. The molecule has 1 saturated heterocycles. The van der Waals surface area contributed by atoms with Crippen LogP contribution in [0.15, 0.2) is 18.3 Å². The Kier molecular flexibility index (Phi) is 3.21. The van der Waals surface area contributed by atoms with Crippen molar-refractivity contribution >= 4 is 5.69 Å². The summed E-state index contributed by atoms with van der Waals surface area (Å²) in [4.78, 5) is 6.75. The molecule has 0 aromatic carbocycles. The van der Waals surface area contributed by atoms with Crippen LogP contribution in [0.4, 0.5) is 5.69 Å². The first-order valence-electron chi connectivity index (χ1n) is 5.74. The van der Waals surface area contributed by atoms with Gasteiger partial charge in [-0.05, 0) is 24.5 Å². The predicted octanol–water partition coefficient (Wildman–Crippen LogP) is 1.78. The number of hydrogen-bond acceptors (Lipinski definition) is 3. The molecule has 0 bridgehead atoms. The highest BCUT2D eigenvalue weighted by Crippen LogP contribution is 2.26. The molecule has 2 rings (SSSR count). The fourth-order valence-corrected chi connectivity index (χ4v) is 2.26. The summed E-state index contributed by atoms with van der Waals surface area (Å²) in [6.45, 7) is 5.11. The molecule has 1 aromatic rings. The standard InChI is InChI=1S/C12H19N3/c1-2-10-5-7-15(9-10)12-4-3-6-14-11(12)8-13/h3-4,6,10H,2,5,7-9,13H2,1H3. The van der Waals surface area contributed by atoms with Gasteiger partial charge in [-0.25, -0.2) is 0 Å². The zero-order valence-corrected chi connectivity index (χ0v) is 9.32. The molecule has 3 nitrogen and oxygen atoms in total. The molecule has 1 fully saturated rings. The maximum absolute atomic E-state index is 5.70. The summed E-state index contributed by atoms with van der Waals surface area (Å²) in [5, 5.41) is 0. The smallest absolute Gasteiger partial charge is 0.0772 e. The van der Waals surface area contributed by atoms with Crippen LogP contribution < -0.4 is 10.6 Å². The van der Waals surface area contributed by atoms with Gasteiger partial charge in [0, 0.05) is 25.8 Å². The summed E-state index contributed by atoms with van der Waals surface area (Å²) in [7, 11) is 0. The van der Waals surface area contributed by atoms with Crippen molar-refractivity contribution in [3.63, 3.8) is 0 Å². The van der Waals surface area contributed by atoms with E-state index in [1.54, 1.807) is 0 Å². The van der Waals surface area contributed by atoms with Crippen LogP contribution in [0.5, 0.6) is 0 Å². The molecule has 1 atom stereocenters. The number of nitrogens with two attached hydrogens (primary N) is 1. The highest BCUT2D eigenvalue weighted by molar-refractivity contribution is 5.51. The van der Waals surface area contributed by atoms with Gasteiger partial charge in [0.05, 0.1) is 11.4 Å². The monoisotopic (exact) mass is 205 g/mol. The number of pyridine rings is 1. The third kappa shape index (κ3) is 2.12. The summed E-state index contributed by atoms with van der Waals surface area (Å²) < 4.78 is 0. The molecule has 1 aromatic heterocycles. The van der Waals surface area contributed by atoms with E-state index < -0.39 is 0 Å². The van der Waals surface area contributed by atoms with Crippen LogP contribution in [-0.4, -0.2) is 18.1 Å². The topological polar surface area (TPSA) is 42.2 Å². The molecule has 3 heteroatoms. The van der Waals surface area contributed by atoms with Crippen molar-refractivity contribution in [2.75, 3.05) is 18.0 Å². The number of rotatable bonds is 3. The van der Waals surface area contributed by atoms with Crippen LogP contribution in [0.1, 0.15) is 25.5 Å². The van der Waals surface area contributed by atoms with Gasteiger partial charge in [0.2, 0.25) is 0 Å². The lowest BCUT2D eigenvalue weighted by atomic mass is 10.1. The van der Waals surface area contributed by atoms with Gasteiger partial charge in [0.15, 0.2) is 0 Å². The summed E-state index contributed by atoms with van der Waals surface area (Å²) in [6, 6.07) is 4.13. The second kappa shape index (κ2) is 4.62. The molecule has 0 radical (unpaired) electrons. The molecule has 0 aliphatic carbocycles. The lowest BCUT2D eigenvalue weighted by molar-refractivity contribution is 0.569.